The summed E-state index contributed by atoms with van der Waals surface area (Å²) in [6, 6.07) is 35.4. The van der Waals surface area contributed by atoms with E-state index >= 15 is 0 Å². The Hall–Kier alpha value is -5.18. The Morgan fingerprint density at radius 1 is 0.389 bits per heavy atom. The van der Waals surface area contributed by atoms with Crippen molar-refractivity contribution in [2.75, 3.05) is 47.7 Å². The minimum absolute atomic E-state index is 0.144. The lowest BCUT2D eigenvalue weighted by atomic mass is 9.79. The fourth-order valence-electron chi connectivity index (χ4n) is 9.63. The molecule has 0 spiro atoms. The van der Waals surface area contributed by atoms with E-state index in [1.807, 2.05) is 47.8 Å². The van der Waals surface area contributed by atoms with Crippen LogP contribution in [0.2, 0.25) is 0 Å². The van der Waals surface area contributed by atoms with E-state index in [2.05, 4.69) is 156 Å². The molecule has 0 saturated carbocycles. The maximum atomic E-state index is 7.24. The summed E-state index contributed by atoms with van der Waals surface area (Å²) in [7, 11) is 0. The minimum Gasteiger partial charge on any atom is -0.492 e. The van der Waals surface area contributed by atoms with Crippen LogP contribution in [0, 0.1) is 0 Å². The fourth-order valence-corrected chi connectivity index (χ4v) is 11.4. The highest BCUT2D eigenvalue weighted by molar-refractivity contribution is 8.02. The van der Waals surface area contributed by atoms with Gasteiger partial charge in [0.2, 0.25) is 0 Å². The number of hydrogen-bond donors (Lipinski definition) is 2. The molecule has 0 amide bonds. The molecule has 1 heterocycles. The Balaban J connectivity index is 1.49. The summed E-state index contributed by atoms with van der Waals surface area (Å²) >= 11 is 3.92. The SMILES string of the molecule is CC(C)(C)c1cc2c3c(c1)Cc1cc(C(C)(C)C)cc(c1OCc1ccc(N)cc1)Cc1cc(C(C)(C)C)cc(c1OCCSCCSCCO3)Cc1cc(C(C)(C)C)cc(c1OCc1ccc(N)cc1)C2. The third kappa shape index (κ3) is 13.1. The third-order valence-corrected chi connectivity index (χ3v) is 16.2. The Morgan fingerprint density at radius 2 is 0.653 bits per heavy atom. The number of nitrogen functional groups attached to an aromatic ring is 2. The van der Waals surface area contributed by atoms with Gasteiger partial charge < -0.3 is 30.4 Å². The molecule has 2 aliphatic rings. The van der Waals surface area contributed by atoms with Crippen molar-refractivity contribution in [1.82, 2.24) is 0 Å². The molecule has 0 aromatic heterocycles. The van der Waals surface area contributed by atoms with Crippen molar-refractivity contribution in [3.63, 3.8) is 0 Å². The van der Waals surface area contributed by atoms with Gasteiger partial charge in [0.05, 0.1) is 13.2 Å². The second-order valence-corrected chi connectivity index (χ2v) is 26.6. The van der Waals surface area contributed by atoms with Gasteiger partial charge in [0.15, 0.2) is 0 Å². The largest absolute Gasteiger partial charge is 0.492 e. The van der Waals surface area contributed by atoms with Gasteiger partial charge in [0, 0.05) is 60.1 Å². The van der Waals surface area contributed by atoms with Crippen molar-refractivity contribution >= 4 is 34.9 Å². The van der Waals surface area contributed by atoms with Gasteiger partial charge in [-0.3, -0.25) is 0 Å². The number of nitrogens with two attached hydrogens (primary N) is 2. The summed E-state index contributed by atoms with van der Waals surface area (Å²) in [6.45, 7) is 29.8. The first-order valence-electron chi connectivity index (χ1n) is 26.0. The molecule has 6 nitrogen and oxygen atoms in total. The summed E-state index contributed by atoms with van der Waals surface area (Å²) < 4.78 is 29.0. The van der Waals surface area contributed by atoms with Gasteiger partial charge in [-0.1, -0.05) is 156 Å². The van der Waals surface area contributed by atoms with Crippen molar-refractivity contribution in [1.29, 1.82) is 0 Å². The Labute approximate surface area is 440 Å². The van der Waals surface area contributed by atoms with E-state index in [1.54, 1.807) is 0 Å². The number of thioether (sulfide) groups is 2. The fraction of sp³-hybridized carbons (Fsp3) is 0.438. The molecular weight excluding hydrogens is 925 g/mol. The van der Waals surface area contributed by atoms with E-state index in [1.165, 1.54) is 22.3 Å². The van der Waals surface area contributed by atoms with Gasteiger partial charge in [0.1, 0.15) is 36.2 Å². The van der Waals surface area contributed by atoms with E-state index in [0.29, 0.717) is 52.1 Å². The number of hydrogen-bond acceptors (Lipinski definition) is 8. The summed E-state index contributed by atoms with van der Waals surface area (Å²) in [5, 5.41) is 0. The lowest BCUT2D eigenvalue weighted by molar-refractivity contribution is 0.298. The molecule has 10 bridgehead atoms. The summed E-state index contributed by atoms with van der Waals surface area (Å²) in [5.41, 5.74) is 29.7. The van der Waals surface area contributed by atoms with Crippen LogP contribution in [-0.2, 0) is 60.6 Å². The number of benzene rings is 6. The van der Waals surface area contributed by atoms with Crippen molar-refractivity contribution < 1.29 is 18.9 Å². The molecule has 0 unspecified atom stereocenters. The van der Waals surface area contributed by atoms with E-state index in [9.17, 15) is 0 Å². The van der Waals surface area contributed by atoms with Gasteiger partial charge in [-0.15, -0.1) is 0 Å². The summed E-state index contributed by atoms with van der Waals surface area (Å²) in [6.07, 6.45) is 2.48. The van der Waals surface area contributed by atoms with E-state index in [0.717, 1.165) is 113 Å². The maximum absolute atomic E-state index is 7.24. The monoisotopic (exact) mass is 1000 g/mol. The van der Waals surface area contributed by atoms with Crippen LogP contribution >= 0.6 is 23.5 Å². The van der Waals surface area contributed by atoms with Crippen molar-refractivity contribution in [3.05, 3.63) is 175 Å². The smallest absolute Gasteiger partial charge is 0.126 e. The molecule has 72 heavy (non-hydrogen) atoms. The molecule has 0 radical (unpaired) electrons. The first-order chi connectivity index (χ1) is 34.0. The van der Waals surface area contributed by atoms with Crippen LogP contribution in [0.15, 0.2) is 97.1 Å². The second kappa shape index (κ2) is 21.7. The number of rotatable bonds is 6. The zero-order chi connectivity index (χ0) is 51.6. The summed E-state index contributed by atoms with van der Waals surface area (Å²) in [5.74, 6) is 7.63. The lowest BCUT2D eigenvalue weighted by Crippen LogP contribution is -2.18. The molecule has 1 aliphatic carbocycles. The minimum atomic E-state index is -0.146. The van der Waals surface area contributed by atoms with Crippen molar-refractivity contribution in [3.8, 4) is 23.0 Å². The Morgan fingerprint density at radius 3 is 0.917 bits per heavy atom. The van der Waals surface area contributed by atoms with Crippen LogP contribution in [-0.4, -0.2) is 36.2 Å². The molecule has 0 saturated heterocycles. The zero-order valence-corrected chi connectivity index (χ0v) is 47.0. The molecule has 4 N–H and O–H groups in total. The highest BCUT2D eigenvalue weighted by atomic mass is 32.2. The second-order valence-electron chi connectivity index (χ2n) is 24.2. The van der Waals surface area contributed by atoms with E-state index in [-0.39, 0.29) is 21.7 Å². The molecule has 0 fully saturated rings. The third-order valence-electron chi connectivity index (χ3n) is 14.0. The highest BCUT2D eigenvalue weighted by Gasteiger charge is 2.30. The average molecular weight is 1010 g/mol. The highest BCUT2D eigenvalue weighted by Crippen LogP contribution is 2.45. The maximum Gasteiger partial charge on any atom is 0.126 e. The predicted octanol–water partition coefficient (Wildman–Crippen LogP) is 15.1. The van der Waals surface area contributed by atoms with Crippen LogP contribution in [0.3, 0.4) is 0 Å². The molecular formula is C64H80N2O4S2. The first kappa shape index (κ1) is 53.1. The van der Waals surface area contributed by atoms with Crippen LogP contribution in [0.1, 0.15) is 161 Å². The zero-order valence-electron chi connectivity index (χ0n) is 45.3. The van der Waals surface area contributed by atoms with Gasteiger partial charge in [-0.05, 0) is 124 Å². The Kier molecular flexibility index (Phi) is 16.0. The van der Waals surface area contributed by atoms with Crippen LogP contribution < -0.4 is 30.4 Å². The molecule has 1 aliphatic heterocycles. The van der Waals surface area contributed by atoms with Crippen LogP contribution in [0.4, 0.5) is 11.4 Å². The first-order valence-corrected chi connectivity index (χ1v) is 28.3. The number of ether oxygens (including phenoxy) is 4. The molecule has 8 heteroatoms. The molecule has 8 rings (SSSR count). The number of fused-ring (bicyclic) bond motifs is 2. The van der Waals surface area contributed by atoms with Gasteiger partial charge in [-0.25, -0.2) is 0 Å². The molecule has 6 aromatic carbocycles. The van der Waals surface area contributed by atoms with Crippen molar-refractivity contribution in [2.45, 2.75) is 144 Å². The topological polar surface area (TPSA) is 89.0 Å². The van der Waals surface area contributed by atoms with E-state index in [4.69, 9.17) is 30.4 Å². The molecule has 382 valence electrons. The van der Waals surface area contributed by atoms with Gasteiger partial charge in [-0.2, -0.15) is 23.5 Å². The normalized spacial score (nSPS) is 15.0. The van der Waals surface area contributed by atoms with Crippen molar-refractivity contribution in [2.24, 2.45) is 0 Å². The van der Waals surface area contributed by atoms with E-state index < -0.39 is 0 Å². The number of anilines is 2. The standard InChI is InChI=1S/C64H80N2O4S2/c1-61(2,3)51-31-43-27-47-35-53(63(7,8)9)37-49(59(47)69-39-41-13-17-55(65)18-14-41)29-45-33-52(62(4,5)6)34-46-30-50-38-54(64(10,11)12)36-48(60(50)70-40-42-15-19-56(66)20-16-42)28-44(32-51)57(43)67-21-23-71-25-26-72-24-22-68-58(45)46/h13-20,31-38H,21-30,39-40,65-66H2,1-12H3. The summed E-state index contributed by atoms with van der Waals surface area (Å²) in [4.78, 5) is 0. The van der Waals surface area contributed by atoms with Gasteiger partial charge in [0.25, 0.3) is 0 Å². The predicted molar refractivity (Wildman–Crippen MR) is 308 cm³/mol. The molecule has 6 aromatic rings. The average Bonchev–Trinajstić information content (AvgIpc) is 3.29. The molecule has 0 atom stereocenters. The van der Waals surface area contributed by atoms with Gasteiger partial charge >= 0.3 is 0 Å². The lowest BCUT2D eigenvalue weighted by Gasteiger charge is -2.29. The van der Waals surface area contributed by atoms with Crippen LogP contribution in [0.25, 0.3) is 0 Å². The Bertz CT molecular complexity index is 2570. The van der Waals surface area contributed by atoms with Crippen LogP contribution in [0.5, 0.6) is 23.0 Å². The quantitative estimate of drug-likeness (QED) is 0.159.